The van der Waals surface area contributed by atoms with Gasteiger partial charge in [-0.05, 0) is 25.5 Å². The van der Waals surface area contributed by atoms with Crippen LogP contribution >= 0.6 is 11.6 Å². The Morgan fingerprint density at radius 2 is 1.95 bits per heavy atom. The van der Waals surface area contributed by atoms with E-state index in [0.717, 1.165) is 22.8 Å². The average Bonchev–Trinajstić information content (AvgIpc) is 2.55. The highest BCUT2D eigenvalue weighted by molar-refractivity contribution is 6.31. The number of rotatable bonds is 5. The van der Waals surface area contributed by atoms with Gasteiger partial charge in [-0.3, -0.25) is 0 Å². The van der Waals surface area contributed by atoms with E-state index in [1.807, 2.05) is 31.2 Å². The van der Waals surface area contributed by atoms with Gasteiger partial charge in [-0.1, -0.05) is 29.8 Å². The summed E-state index contributed by atoms with van der Waals surface area (Å²) in [7, 11) is 1.30. The second-order valence-electron chi connectivity index (χ2n) is 4.74. The van der Waals surface area contributed by atoms with Gasteiger partial charge >= 0.3 is 5.97 Å². The summed E-state index contributed by atoms with van der Waals surface area (Å²) in [5.74, 6) is -0.499. The highest BCUT2D eigenvalue weighted by Gasteiger charge is 2.18. The molecule has 0 aliphatic carbocycles. The highest BCUT2D eigenvalue weighted by atomic mass is 35.5. The van der Waals surface area contributed by atoms with E-state index >= 15 is 0 Å². The van der Waals surface area contributed by atoms with Crippen molar-refractivity contribution in [3.8, 4) is 0 Å². The Labute approximate surface area is 134 Å². The van der Waals surface area contributed by atoms with E-state index in [2.05, 4.69) is 26.5 Å². The van der Waals surface area contributed by atoms with E-state index < -0.39 is 5.97 Å². The predicted octanol–water partition coefficient (Wildman–Crippen LogP) is 3.50. The van der Waals surface area contributed by atoms with Crippen LogP contribution in [0.3, 0.4) is 0 Å². The fourth-order valence-corrected chi connectivity index (χ4v) is 2.62. The summed E-state index contributed by atoms with van der Waals surface area (Å²) in [5.41, 5.74) is 1.85. The number of anilines is 1. The van der Waals surface area contributed by atoms with E-state index in [-0.39, 0.29) is 11.9 Å². The summed E-state index contributed by atoms with van der Waals surface area (Å²) in [6, 6.07) is 7.80. The lowest BCUT2D eigenvalue weighted by Crippen LogP contribution is -2.27. The third-order valence-corrected chi connectivity index (χ3v) is 3.85. The smallest absolute Gasteiger partial charge is 0.376 e. The monoisotopic (exact) mass is 319 g/mol. The zero-order valence-corrected chi connectivity index (χ0v) is 13.5. The Kier molecular flexibility index (Phi) is 5.33. The van der Waals surface area contributed by atoms with Gasteiger partial charge in [0.1, 0.15) is 0 Å². The number of methoxy groups -OCH3 is 1. The van der Waals surface area contributed by atoms with Crippen LogP contribution in [0.2, 0.25) is 5.02 Å². The largest absolute Gasteiger partial charge is 0.463 e. The molecule has 0 spiro atoms. The molecular formula is C16H18ClN3O2. The van der Waals surface area contributed by atoms with Crippen LogP contribution in [-0.2, 0) is 4.74 Å². The van der Waals surface area contributed by atoms with Gasteiger partial charge in [0.25, 0.3) is 0 Å². The zero-order chi connectivity index (χ0) is 16.1. The Balaban J connectivity index is 2.28. The summed E-state index contributed by atoms with van der Waals surface area (Å²) in [4.78, 5) is 21.6. The van der Waals surface area contributed by atoms with Crippen molar-refractivity contribution >= 4 is 23.3 Å². The van der Waals surface area contributed by atoms with Crippen molar-refractivity contribution in [1.82, 2.24) is 9.97 Å². The first-order valence-corrected chi connectivity index (χ1v) is 7.37. The molecule has 1 aromatic heterocycles. The standard InChI is InChI=1S/C16H18ClN3O2/c1-4-20(11(2)13-7-5-6-8-14(13)17)12-9-18-15(19-10-12)16(21)22-3/h5-11H,4H2,1-3H3/t11-/m0/s1. The third-order valence-electron chi connectivity index (χ3n) is 3.50. The minimum atomic E-state index is -0.547. The lowest BCUT2D eigenvalue weighted by atomic mass is 10.1. The number of carbonyl (C=O) groups is 1. The second kappa shape index (κ2) is 7.22. The Hall–Kier alpha value is -2.14. The van der Waals surface area contributed by atoms with Crippen molar-refractivity contribution in [2.24, 2.45) is 0 Å². The molecule has 6 heteroatoms. The number of ether oxygens (including phenoxy) is 1. The first-order chi connectivity index (χ1) is 10.6. The zero-order valence-electron chi connectivity index (χ0n) is 12.8. The number of halogens is 1. The minimum absolute atomic E-state index is 0.0488. The molecule has 0 N–H and O–H groups in total. The number of benzene rings is 1. The van der Waals surface area contributed by atoms with Crippen molar-refractivity contribution in [1.29, 1.82) is 0 Å². The Bertz CT molecular complexity index is 646. The number of carbonyl (C=O) groups excluding carboxylic acids is 1. The molecule has 0 bridgehead atoms. The van der Waals surface area contributed by atoms with E-state index in [4.69, 9.17) is 11.6 Å². The molecule has 0 radical (unpaired) electrons. The maximum atomic E-state index is 11.4. The molecule has 0 unspecified atom stereocenters. The Morgan fingerprint density at radius 3 is 2.50 bits per heavy atom. The molecule has 2 aromatic rings. The third kappa shape index (κ3) is 3.36. The number of esters is 1. The van der Waals surface area contributed by atoms with Crippen LogP contribution in [0.5, 0.6) is 0 Å². The molecule has 0 aliphatic rings. The first kappa shape index (κ1) is 16.2. The first-order valence-electron chi connectivity index (χ1n) is 6.99. The topological polar surface area (TPSA) is 55.3 Å². The normalized spacial score (nSPS) is 11.8. The average molecular weight is 320 g/mol. The van der Waals surface area contributed by atoms with E-state index in [9.17, 15) is 4.79 Å². The summed E-state index contributed by atoms with van der Waals surface area (Å²) in [6.07, 6.45) is 3.24. The summed E-state index contributed by atoms with van der Waals surface area (Å²) in [6.45, 7) is 4.87. The molecule has 0 saturated heterocycles. The van der Waals surface area contributed by atoms with Gasteiger partial charge in [-0.15, -0.1) is 0 Å². The van der Waals surface area contributed by atoms with Gasteiger partial charge < -0.3 is 9.64 Å². The van der Waals surface area contributed by atoms with Gasteiger partial charge in [0, 0.05) is 11.6 Å². The summed E-state index contributed by atoms with van der Waals surface area (Å²) in [5, 5.41) is 0.723. The fourth-order valence-electron chi connectivity index (χ4n) is 2.33. The van der Waals surface area contributed by atoms with Gasteiger partial charge in [0.05, 0.1) is 31.2 Å². The number of hydrogen-bond donors (Lipinski definition) is 0. The van der Waals surface area contributed by atoms with Crippen LogP contribution < -0.4 is 4.90 Å². The van der Waals surface area contributed by atoms with E-state index in [0.29, 0.717) is 0 Å². The fraction of sp³-hybridized carbons (Fsp3) is 0.312. The van der Waals surface area contributed by atoms with Crippen LogP contribution in [0.25, 0.3) is 0 Å². The lowest BCUT2D eigenvalue weighted by Gasteiger charge is -2.30. The van der Waals surface area contributed by atoms with Gasteiger partial charge in [-0.2, -0.15) is 0 Å². The molecule has 1 atom stereocenters. The van der Waals surface area contributed by atoms with Crippen molar-refractivity contribution in [3.63, 3.8) is 0 Å². The van der Waals surface area contributed by atoms with Gasteiger partial charge in [0.2, 0.25) is 5.82 Å². The molecule has 116 valence electrons. The maximum absolute atomic E-state index is 11.4. The van der Waals surface area contributed by atoms with Crippen LogP contribution in [0, 0.1) is 0 Å². The number of hydrogen-bond acceptors (Lipinski definition) is 5. The van der Waals surface area contributed by atoms with Crippen LogP contribution in [0.15, 0.2) is 36.7 Å². The predicted molar refractivity (Wildman–Crippen MR) is 86.3 cm³/mol. The number of nitrogens with zero attached hydrogens (tertiary/aromatic N) is 3. The molecule has 2 rings (SSSR count). The van der Waals surface area contributed by atoms with E-state index in [1.54, 1.807) is 12.4 Å². The highest BCUT2D eigenvalue weighted by Crippen LogP contribution is 2.30. The molecule has 0 amide bonds. The van der Waals surface area contributed by atoms with Crippen LogP contribution in [0.4, 0.5) is 5.69 Å². The maximum Gasteiger partial charge on any atom is 0.376 e. The number of aromatic nitrogens is 2. The quantitative estimate of drug-likeness (QED) is 0.789. The molecular weight excluding hydrogens is 302 g/mol. The van der Waals surface area contributed by atoms with E-state index in [1.165, 1.54) is 7.11 Å². The van der Waals surface area contributed by atoms with Crippen molar-refractivity contribution in [2.45, 2.75) is 19.9 Å². The van der Waals surface area contributed by atoms with Gasteiger partial charge in [-0.25, -0.2) is 14.8 Å². The van der Waals surface area contributed by atoms with Crippen LogP contribution in [0.1, 0.15) is 36.1 Å². The minimum Gasteiger partial charge on any atom is -0.463 e. The second-order valence-corrected chi connectivity index (χ2v) is 5.15. The summed E-state index contributed by atoms with van der Waals surface area (Å²) < 4.78 is 4.60. The van der Waals surface area contributed by atoms with Crippen molar-refractivity contribution in [2.75, 3.05) is 18.6 Å². The molecule has 1 heterocycles. The summed E-state index contributed by atoms with van der Waals surface area (Å²) >= 11 is 6.27. The van der Waals surface area contributed by atoms with Crippen LogP contribution in [-0.4, -0.2) is 29.6 Å². The molecule has 1 aromatic carbocycles. The lowest BCUT2D eigenvalue weighted by molar-refractivity contribution is 0.0586. The molecule has 0 aliphatic heterocycles. The molecule has 0 saturated carbocycles. The molecule has 22 heavy (non-hydrogen) atoms. The molecule has 0 fully saturated rings. The molecule has 5 nitrogen and oxygen atoms in total. The van der Waals surface area contributed by atoms with Gasteiger partial charge in [0.15, 0.2) is 0 Å². The van der Waals surface area contributed by atoms with Crippen molar-refractivity contribution < 1.29 is 9.53 Å². The Morgan fingerprint density at radius 1 is 1.32 bits per heavy atom. The van der Waals surface area contributed by atoms with Crippen molar-refractivity contribution in [3.05, 3.63) is 53.1 Å². The SMILES string of the molecule is CCN(c1cnc(C(=O)OC)nc1)[C@@H](C)c1ccccc1Cl.